The topological polar surface area (TPSA) is 118 Å². The lowest BCUT2D eigenvalue weighted by Gasteiger charge is -2.10. The molecule has 3 aromatic rings. The number of aryl methyl sites for hydroxylation is 2. The molecule has 1 amide bonds. The van der Waals surface area contributed by atoms with E-state index in [0.29, 0.717) is 36.2 Å². The van der Waals surface area contributed by atoms with Gasteiger partial charge in [0.25, 0.3) is 5.91 Å². The van der Waals surface area contributed by atoms with Crippen LogP contribution in [0.1, 0.15) is 40.2 Å². The summed E-state index contributed by atoms with van der Waals surface area (Å²) >= 11 is 0. The third-order valence-electron chi connectivity index (χ3n) is 4.71. The first-order valence-corrected chi connectivity index (χ1v) is 9.72. The Balaban J connectivity index is 1.23. The maximum absolute atomic E-state index is 12.3. The number of carbonyl (C=O) groups excluding carboxylic acids is 1. The molecule has 0 aliphatic heterocycles. The van der Waals surface area contributed by atoms with Gasteiger partial charge in [0.15, 0.2) is 11.5 Å². The van der Waals surface area contributed by atoms with Crippen molar-refractivity contribution in [2.24, 2.45) is 0 Å². The summed E-state index contributed by atoms with van der Waals surface area (Å²) in [6, 6.07) is 7.50. The molecule has 0 radical (unpaired) electrons. The van der Waals surface area contributed by atoms with Gasteiger partial charge in [0.2, 0.25) is 0 Å². The van der Waals surface area contributed by atoms with E-state index in [-0.39, 0.29) is 5.91 Å². The quantitative estimate of drug-likeness (QED) is 0.524. The van der Waals surface area contributed by atoms with Crippen molar-refractivity contribution >= 4 is 23.4 Å². The third kappa shape index (κ3) is 4.68. The number of hydrogen-bond acceptors (Lipinski definition) is 8. The smallest absolute Gasteiger partial charge is 0.273 e. The van der Waals surface area contributed by atoms with E-state index in [9.17, 15) is 4.79 Å². The minimum absolute atomic E-state index is 0.199. The number of hydrogen-bond donors (Lipinski definition) is 3. The second-order valence-corrected chi connectivity index (χ2v) is 6.97. The van der Waals surface area contributed by atoms with Gasteiger partial charge in [-0.05, 0) is 49.9 Å². The van der Waals surface area contributed by atoms with Gasteiger partial charge in [0, 0.05) is 31.3 Å². The molecule has 3 aromatic heterocycles. The fraction of sp³-hybridized carbons (Fsp3) is 0.350. The maximum atomic E-state index is 12.3. The van der Waals surface area contributed by atoms with Gasteiger partial charge in [-0.3, -0.25) is 4.79 Å². The molecular formula is C20H23N7O2. The van der Waals surface area contributed by atoms with E-state index in [1.807, 2.05) is 31.2 Å². The van der Waals surface area contributed by atoms with Crippen molar-refractivity contribution in [2.75, 3.05) is 23.7 Å². The van der Waals surface area contributed by atoms with Crippen LogP contribution in [0, 0.1) is 6.92 Å². The Bertz CT molecular complexity index is 967. The first-order chi connectivity index (χ1) is 14.2. The van der Waals surface area contributed by atoms with Crippen molar-refractivity contribution in [3.63, 3.8) is 0 Å². The summed E-state index contributed by atoms with van der Waals surface area (Å²) in [5.74, 6) is 2.60. The predicted octanol–water partition coefficient (Wildman–Crippen LogP) is 2.63. The molecule has 3 heterocycles. The van der Waals surface area contributed by atoms with E-state index in [1.165, 1.54) is 0 Å². The van der Waals surface area contributed by atoms with E-state index in [2.05, 4.69) is 36.3 Å². The van der Waals surface area contributed by atoms with Crippen LogP contribution < -0.4 is 16.0 Å². The zero-order valence-corrected chi connectivity index (χ0v) is 16.2. The summed E-state index contributed by atoms with van der Waals surface area (Å²) in [6.07, 6.45) is 5.66. The van der Waals surface area contributed by atoms with Gasteiger partial charge in [-0.2, -0.15) is 0 Å². The molecule has 4 rings (SSSR count). The maximum Gasteiger partial charge on any atom is 0.273 e. The molecular weight excluding hydrogens is 370 g/mol. The summed E-state index contributed by atoms with van der Waals surface area (Å²) in [5, 5.41) is 21.3. The van der Waals surface area contributed by atoms with Gasteiger partial charge in [-0.25, -0.2) is 4.98 Å². The summed E-state index contributed by atoms with van der Waals surface area (Å²) in [7, 11) is 0. The Kier molecular flexibility index (Phi) is 5.64. The monoisotopic (exact) mass is 393 g/mol. The Morgan fingerprint density at radius 2 is 1.83 bits per heavy atom. The van der Waals surface area contributed by atoms with Crippen molar-refractivity contribution in [1.82, 2.24) is 25.7 Å². The largest absolute Gasteiger partial charge is 0.367 e. The van der Waals surface area contributed by atoms with Crippen LogP contribution in [-0.2, 0) is 12.8 Å². The van der Waals surface area contributed by atoms with E-state index in [4.69, 9.17) is 4.52 Å². The second kappa shape index (κ2) is 8.68. The van der Waals surface area contributed by atoms with Crippen LogP contribution in [0.3, 0.4) is 0 Å². The van der Waals surface area contributed by atoms with Gasteiger partial charge in [0.1, 0.15) is 17.4 Å². The van der Waals surface area contributed by atoms with Gasteiger partial charge in [-0.15, -0.1) is 10.2 Å². The zero-order valence-electron chi connectivity index (χ0n) is 16.2. The molecule has 0 aromatic carbocycles. The van der Waals surface area contributed by atoms with Crippen LogP contribution in [0.25, 0.3) is 0 Å². The molecule has 29 heavy (non-hydrogen) atoms. The Hall–Kier alpha value is -3.49. The number of aromatic nitrogens is 4. The van der Waals surface area contributed by atoms with E-state index < -0.39 is 0 Å². The molecule has 0 saturated carbocycles. The third-order valence-corrected chi connectivity index (χ3v) is 4.71. The van der Waals surface area contributed by atoms with Gasteiger partial charge >= 0.3 is 0 Å². The molecule has 0 fully saturated rings. The predicted molar refractivity (Wildman–Crippen MR) is 108 cm³/mol. The molecule has 9 nitrogen and oxygen atoms in total. The molecule has 9 heteroatoms. The summed E-state index contributed by atoms with van der Waals surface area (Å²) in [4.78, 5) is 16.6. The van der Waals surface area contributed by atoms with Crippen molar-refractivity contribution in [2.45, 2.75) is 32.6 Å². The highest BCUT2D eigenvalue weighted by Gasteiger charge is 2.23. The van der Waals surface area contributed by atoms with Crippen LogP contribution in [0.2, 0.25) is 0 Å². The fourth-order valence-corrected chi connectivity index (χ4v) is 3.18. The normalized spacial score (nSPS) is 12.9. The molecule has 1 aliphatic rings. The highest BCUT2D eigenvalue weighted by Crippen LogP contribution is 2.24. The Morgan fingerprint density at radius 3 is 2.62 bits per heavy atom. The number of rotatable bonds is 7. The fourth-order valence-electron chi connectivity index (χ4n) is 3.18. The zero-order chi connectivity index (χ0) is 20.1. The average molecular weight is 393 g/mol. The molecule has 1 aliphatic carbocycles. The standard InChI is InChI=1S/C20H23N7O2/c1-13-6-7-16(23-12-13)24-18-9-8-17(25-26-18)21-10-11-22-20(28)19-14-4-2-3-5-15(14)29-27-19/h6-9,12H,2-5,10-11H2,1H3,(H,21,25)(H,22,28)(H,23,24,26). The van der Waals surface area contributed by atoms with Crippen LogP contribution >= 0.6 is 0 Å². The molecule has 150 valence electrons. The number of nitrogens with one attached hydrogen (secondary N) is 3. The molecule has 0 spiro atoms. The van der Waals surface area contributed by atoms with Gasteiger partial charge < -0.3 is 20.5 Å². The lowest BCUT2D eigenvalue weighted by molar-refractivity contribution is 0.0945. The van der Waals surface area contributed by atoms with E-state index in [0.717, 1.165) is 42.6 Å². The number of nitrogens with zero attached hydrogens (tertiary/aromatic N) is 4. The van der Waals surface area contributed by atoms with Crippen LogP contribution in [0.15, 0.2) is 35.0 Å². The van der Waals surface area contributed by atoms with Crippen molar-refractivity contribution in [1.29, 1.82) is 0 Å². The number of carbonyl (C=O) groups is 1. The molecule has 0 unspecified atom stereocenters. The number of anilines is 3. The minimum atomic E-state index is -0.199. The summed E-state index contributed by atoms with van der Waals surface area (Å²) in [6.45, 7) is 2.95. The first kappa shape index (κ1) is 18.9. The second-order valence-electron chi connectivity index (χ2n) is 6.97. The van der Waals surface area contributed by atoms with Gasteiger partial charge in [0.05, 0.1) is 0 Å². The first-order valence-electron chi connectivity index (χ1n) is 9.72. The Morgan fingerprint density at radius 1 is 1.03 bits per heavy atom. The highest BCUT2D eigenvalue weighted by atomic mass is 16.5. The van der Waals surface area contributed by atoms with Crippen molar-refractivity contribution < 1.29 is 9.32 Å². The number of amides is 1. The Labute approximate surface area is 168 Å². The lowest BCUT2D eigenvalue weighted by atomic mass is 9.96. The average Bonchev–Trinajstić information content (AvgIpc) is 3.18. The minimum Gasteiger partial charge on any atom is -0.367 e. The number of pyridine rings is 1. The summed E-state index contributed by atoms with van der Waals surface area (Å²) in [5.41, 5.74) is 2.47. The van der Waals surface area contributed by atoms with Crippen LogP contribution in [-0.4, -0.2) is 39.3 Å². The van der Waals surface area contributed by atoms with Crippen LogP contribution in [0.4, 0.5) is 17.5 Å². The van der Waals surface area contributed by atoms with Crippen molar-refractivity contribution in [3.05, 3.63) is 53.0 Å². The van der Waals surface area contributed by atoms with E-state index >= 15 is 0 Å². The molecule has 0 atom stereocenters. The summed E-state index contributed by atoms with van der Waals surface area (Å²) < 4.78 is 5.29. The molecule has 0 saturated heterocycles. The molecule has 0 bridgehead atoms. The molecule has 3 N–H and O–H groups in total. The lowest BCUT2D eigenvalue weighted by Crippen LogP contribution is -2.30. The van der Waals surface area contributed by atoms with Gasteiger partial charge in [-0.1, -0.05) is 11.2 Å². The van der Waals surface area contributed by atoms with Crippen LogP contribution in [0.5, 0.6) is 0 Å². The SMILES string of the molecule is Cc1ccc(Nc2ccc(NCCNC(=O)c3noc4c3CCCC4)nn2)nc1. The number of fused-ring (bicyclic) bond motifs is 1. The van der Waals surface area contributed by atoms with Crippen molar-refractivity contribution in [3.8, 4) is 0 Å². The van der Waals surface area contributed by atoms with E-state index in [1.54, 1.807) is 6.20 Å². The highest BCUT2D eigenvalue weighted by molar-refractivity contribution is 5.93.